The van der Waals surface area contributed by atoms with Crippen LogP contribution in [0.15, 0.2) is 36.4 Å². The average molecular weight is 366 g/mol. The smallest absolute Gasteiger partial charge is 0.119 e. The highest BCUT2D eigenvalue weighted by Gasteiger charge is 2.39. The fourth-order valence-electron chi connectivity index (χ4n) is 5.38. The summed E-state index contributed by atoms with van der Waals surface area (Å²) in [6.45, 7) is 0.970. The van der Waals surface area contributed by atoms with Crippen LogP contribution >= 0.6 is 0 Å². The number of aromatic hydroxyl groups is 2. The van der Waals surface area contributed by atoms with Gasteiger partial charge in [0.1, 0.15) is 11.5 Å². The third-order valence-corrected chi connectivity index (χ3v) is 6.71. The minimum Gasteiger partial charge on any atom is -0.508 e. The maximum Gasteiger partial charge on any atom is 0.119 e. The fraction of sp³-hybridized carbons (Fsp3) is 0.500. The predicted octanol–water partition coefficient (Wildman–Crippen LogP) is 4.86. The van der Waals surface area contributed by atoms with E-state index < -0.39 is 0 Å². The molecule has 1 saturated carbocycles. The van der Waals surface area contributed by atoms with E-state index in [2.05, 4.69) is 29.6 Å². The number of hydrogen-bond donors (Lipinski definition) is 3. The normalized spacial score (nSPS) is 24.3. The van der Waals surface area contributed by atoms with Gasteiger partial charge in [-0.2, -0.15) is 0 Å². The number of aryl methyl sites for hydroxylation is 1. The molecule has 3 N–H and O–H groups in total. The first-order valence-electron chi connectivity index (χ1n) is 10.5. The van der Waals surface area contributed by atoms with Gasteiger partial charge >= 0.3 is 0 Å². The van der Waals surface area contributed by atoms with E-state index in [1.165, 1.54) is 42.4 Å². The topological polar surface area (TPSA) is 52.5 Å². The highest BCUT2D eigenvalue weighted by Crippen LogP contribution is 2.52. The zero-order valence-corrected chi connectivity index (χ0v) is 16.2. The van der Waals surface area contributed by atoms with E-state index in [0.29, 0.717) is 29.3 Å². The van der Waals surface area contributed by atoms with Crippen LogP contribution in [-0.4, -0.2) is 23.8 Å². The third kappa shape index (κ3) is 3.70. The zero-order valence-electron chi connectivity index (χ0n) is 16.2. The van der Waals surface area contributed by atoms with Gasteiger partial charge in [-0.1, -0.05) is 31.0 Å². The molecule has 0 spiro atoms. The minimum absolute atomic E-state index is 0.340. The Morgan fingerprint density at radius 1 is 1.00 bits per heavy atom. The summed E-state index contributed by atoms with van der Waals surface area (Å²) in [5.74, 6) is 2.53. The third-order valence-electron chi connectivity index (χ3n) is 6.71. The van der Waals surface area contributed by atoms with Crippen molar-refractivity contribution in [1.29, 1.82) is 0 Å². The summed E-state index contributed by atoms with van der Waals surface area (Å²) in [4.78, 5) is 0. The first kappa shape index (κ1) is 18.4. The Bertz CT molecular complexity index is 784. The van der Waals surface area contributed by atoms with Gasteiger partial charge in [-0.05, 0) is 104 Å². The number of hydrogen-bond acceptors (Lipinski definition) is 3. The summed E-state index contributed by atoms with van der Waals surface area (Å²) < 4.78 is 0. The van der Waals surface area contributed by atoms with Crippen LogP contribution in [0.3, 0.4) is 0 Å². The largest absolute Gasteiger partial charge is 0.508 e. The molecular formula is C24H31NO2. The van der Waals surface area contributed by atoms with Gasteiger partial charge in [0.25, 0.3) is 0 Å². The zero-order chi connectivity index (χ0) is 18.8. The van der Waals surface area contributed by atoms with Crippen LogP contribution in [0.2, 0.25) is 0 Å². The molecule has 3 nitrogen and oxygen atoms in total. The monoisotopic (exact) mass is 365 g/mol. The molecule has 4 rings (SSSR count). The summed E-state index contributed by atoms with van der Waals surface area (Å²) in [6, 6.07) is 12.2. The van der Waals surface area contributed by atoms with E-state index in [-0.39, 0.29) is 0 Å². The number of fused-ring (bicyclic) bond motifs is 3. The Hall–Kier alpha value is -2.00. The number of phenols is 2. The lowest BCUT2D eigenvalue weighted by molar-refractivity contribution is 0.242. The standard InChI is InChI=1S/C24H31NO2/c1-25-12-4-5-17-13-18-14-22(16-8-10-19(26)11-9-16)20-6-2-3-7-21(20)23(18)15-24(17)27/h8-11,13,15,20-22,25-27H,2-7,12,14H2,1H3/t20-,21+,22-/m0/s1. The van der Waals surface area contributed by atoms with E-state index in [9.17, 15) is 10.2 Å². The van der Waals surface area contributed by atoms with Gasteiger partial charge in [-0.25, -0.2) is 0 Å². The van der Waals surface area contributed by atoms with Crippen LogP contribution in [0.25, 0.3) is 0 Å². The second kappa shape index (κ2) is 7.93. The van der Waals surface area contributed by atoms with Crippen LogP contribution in [0.1, 0.15) is 66.2 Å². The summed E-state index contributed by atoms with van der Waals surface area (Å²) >= 11 is 0. The Balaban J connectivity index is 1.69. The van der Waals surface area contributed by atoms with E-state index in [0.717, 1.165) is 31.4 Å². The molecular weight excluding hydrogens is 334 g/mol. The van der Waals surface area contributed by atoms with Gasteiger partial charge < -0.3 is 15.5 Å². The van der Waals surface area contributed by atoms with E-state index in [1.54, 1.807) is 0 Å². The SMILES string of the molecule is CNCCCc1cc2c(cc1O)[C@@H]1CCCC[C@@H]1[C@H](c1ccc(O)cc1)C2. The molecule has 0 radical (unpaired) electrons. The Kier molecular flexibility index (Phi) is 5.40. The van der Waals surface area contributed by atoms with Gasteiger partial charge in [-0.3, -0.25) is 0 Å². The van der Waals surface area contributed by atoms with Crippen molar-refractivity contribution in [3.63, 3.8) is 0 Å². The van der Waals surface area contributed by atoms with Gasteiger partial charge in [0.2, 0.25) is 0 Å². The lowest BCUT2D eigenvalue weighted by Gasteiger charge is -2.43. The molecule has 0 heterocycles. The molecule has 0 unspecified atom stereocenters. The van der Waals surface area contributed by atoms with Gasteiger partial charge in [0.15, 0.2) is 0 Å². The predicted molar refractivity (Wildman–Crippen MR) is 110 cm³/mol. The second-order valence-corrected chi connectivity index (χ2v) is 8.34. The molecule has 3 heteroatoms. The van der Waals surface area contributed by atoms with Crippen molar-refractivity contribution >= 4 is 0 Å². The molecule has 0 aromatic heterocycles. The lowest BCUT2D eigenvalue weighted by Crippen LogP contribution is -2.31. The Morgan fingerprint density at radius 3 is 2.56 bits per heavy atom. The molecule has 0 amide bonds. The molecule has 0 bridgehead atoms. The van der Waals surface area contributed by atoms with Crippen molar-refractivity contribution in [3.8, 4) is 11.5 Å². The van der Waals surface area contributed by atoms with Gasteiger partial charge in [0, 0.05) is 0 Å². The summed E-state index contributed by atoms with van der Waals surface area (Å²) in [5, 5.41) is 23.5. The Labute approximate surface area is 162 Å². The molecule has 2 aromatic carbocycles. The van der Waals surface area contributed by atoms with Crippen LogP contribution in [0, 0.1) is 5.92 Å². The molecule has 0 saturated heterocycles. The van der Waals surface area contributed by atoms with Crippen molar-refractivity contribution in [1.82, 2.24) is 5.32 Å². The van der Waals surface area contributed by atoms with Gasteiger partial charge in [0.05, 0.1) is 0 Å². The molecule has 2 aromatic rings. The minimum atomic E-state index is 0.340. The highest BCUT2D eigenvalue weighted by molar-refractivity contribution is 5.47. The van der Waals surface area contributed by atoms with Crippen molar-refractivity contribution < 1.29 is 10.2 Å². The highest BCUT2D eigenvalue weighted by atomic mass is 16.3. The number of phenolic OH excluding ortho intramolecular Hbond substituents is 2. The molecule has 27 heavy (non-hydrogen) atoms. The molecule has 1 fully saturated rings. The van der Waals surface area contributed by atoms with Crippen molar-refractivity contribution in [3.05, 3.63) is 58.7 Å². The molecule has 144 valence electrons. The van der Waals surface area contributed by atoms with Crippen molar-refractivity contribution in [2.75, 3.05) is 13.6 Å². The lowest BCUT2D eigenvalue weighted by atomic mass is 9.61. The maximum absolute atomic E-state index is 10.6. The van der Waals surface area contributed by atoms with Crippen LogP contribution < -0.4 is 5.32 Å². The number of rotatable bonds is 5. The molecule has 2 aliphatic carbocycles. The van der Waals surface area contributed by atoms with E-state index in [1.807, 2.05) is 19.2 Å². The first-order valence-corrected chi connectivity index (χ1v) is 10.5. The molecule has 0 aliphatic heterocycles. The summed E-state index contributed by atoms with van der Waals surface area (Å²) in [7, 11) is 1.97. The molecule has 2 aliphatic rings. The van der Waals surface area contributed by atoms with Crippen molar-refractivity contribution in [2.45, 2.75) is 56.8 Å². The van der Waals surface area contributed by atoms with Crippen molar-refractivity contribution in [2.24, 2.45) is 5.92 Å². The summed E-state index contributed by atoms with van der Waals surface area (Å²) in [5.41, 5.74) is 5.25. The van der Waals surface area contributed by atoms with Crippen LogP contribution in [-0.2, 0) is 12.8 Å². The first-order chi connectivity index (χ1) is 13.2. The number of benzene rings is 2. The van der Waals surface area contributed by atoms with Crippen LogP contribution in [0.5, 0.6) is 11.5 Å². The Morgan fingerprint density at radius 2 is 1.78 bits per heavy atom. The van der Waals surface area contributed by atoms with E-state index >= 15 is 0 Å². The van der Waals surface area contributed by atoms with Crippen LogP contribution in [0.4, 0.5) is 0 Å². The molecule has 3 atom stereocenters. The quantitative estimate of drug-likeness (QED) is 0.663. The van der Waals surface area contributed by atoms with E-state index in [4.69, 9.17) is 0 Å². The summed E-state index contributed by atoms with van der Waals surface area (Å²) in [6.07, 6.45) is 8.08. The van der Waals surface area contributed by atoms with Gasteiger partial charge in [-0.15, -0.1) is 0 Å². The second-order valence-electron chi connectivity index (χ2n) is 8.34. The number of nitrogens with one attached hydrogen (secondary N) is 1. The average Bonchev–Trinajstić information content (AvgIpc) is 2.69. The fourth-order valence-corrected chi connectivity index (χ4v) is 5.38. The maximum atomic E-state index is 10.6.